The van der Waals surface area contributed by atoms with Gasteiger partial charge in [-0.15, -0.1) is 0 Å². The number of anilines is 2. The maximum atomic E-state index is 12.4. The van der Waals surface area contributed by atoms with E-state index in [2.05, 4.69) is 10.6 Å². The summed E-state index contributed by atoms with van der Waals surface area (Å²) < 4.78 is 16.2. The zero-order valence-corrected chi connectivity index (χ0v) is 15.5. The second-order valence-electron chi connectivity index (χ2n) is 5.78. The van der Waals surface area contributed by atoms with Gasteiger partial charge < -0.3 is 24.8 Å². The first kappa shape index (κ1) is 18.4. The van der Waals surface area contributed by atoms with Crippen LogP contribution in [-0.4, -0.2) is 26.9 Å². The van der Waals surface area contributed by atoms with Gasteiger partial charge in [0.25, 0.3) is 0 Å². The van der Waals surface area contributed by atoms with Gasteiger partial charge in [-0.05, 0) is 30.5 Å². The number of carbonyl (C=O) groups is 1. The van der Waals surface area contributed by atoms with Crippen molar-refractivity contribution in [3.05, 3.63) is 54.6 Å². The van der Waals surface area contributed by atoms with Crippen molar-refractivity contribution in [1.82, 2.24) is 0 Å². The van der Waals surface area contributed by atoms with Gasteiger partial charge in [0.15, 0.2) is 11.5 Å². The zero-order valence-electron chi connectivity index (χ0n) is 15.5. The highest BCUT2D eigenvalue weighted by atomic mass is 16.5. The summed E-state index contributed by atoms with van der Waals surface area (Å²) in [6, 6.07) is 16.4. The number of carbonyl (C=O) groups excluding carboxylic acids is 1. The lowest BCUT2D eigenvalue weighted by Gasteiger charge is -2.13. The van der Waals surface area contributed by atoms with Gasteiger partial charge in [-0.1, -0.05) is 24.3 Å². The van der Waals surface area contributed by atoms with Crippen molar-refractivity contribution in [3.63, 3.8) is 0 Å². The molecule has 0 aliphatic rings. The van der Waals surface area contributed by atoms with Crippen LogP contribution in [0.3, 0.4) is 0 Å². The van der Waals surface area contributed by atoms with Gasteiger partial charge in [-0.25, -0.2) is 4.79 Å². The Kier molecular flexibility index (Phi) is 5.66. The predicted octanol–water partition coefficient (Wildman–Crippen LogP) is 4.90. The molecule has 3 aromatic rings. The van der Waals surface area contributed by atoms with Crippen LogP contribution >= 0.6 is 0 Å². The molecule has 0 atom stereocenters. The lowest BCUT2D eigenvalue weighted by atomic mass is 10.1. The van der Waals surface area contributed by atoms with Crippen LogP contribution in [0.25, 0.3) is 10.8 Å². The maximum Gasteiger partial charge on any atom is 0.323 e. The predicted molar refractivity (Wildman–Crippen MR) is 107 cm³/mol. The summed E-state index contributed by atoms with van der Waals surface area (Å²) in [5, 5.41) is 7.60. The van der Waals surface area contributed by atoms with E-state index < -0.39 is 0 Å². The summed E-state index contributed by atoms with van der Waals surface area (Å²) in [5.41, 5.74) is 1.24. The van der Waals surface area contributed by atoms with Crippen molar-refractivity contribution in [1.29, 1.82) is 0 Å². The van der Waals surface area contributed by atoms with Crippen molar-refractivity contribution >= 4 is 28.2 Å². The van der Waals surface area contributed by atoms with Crippen LogP contribution in [0.4, 0.5) is 16.2 Å². The molecule has 0 unspecified atom stereocenters. The molecule has 6 nitrogen and oxygen atoms in total. The van der Waals surface area contributed by atoms with E-state index in [-0.39, 0.29) is 6.03 Å². The van der Waals surface area contributed by atoms with Crippen LogP contribution in [0, 0.1) is 0 Å². The molecular formula is C21H22N2O4. The summed E-state index contributed by atoms with van der Waals surface area (Å²) in [7, 11) is 3.18. The number of hydrogen-bond donors (Lipinski definition) is 2. The SMILES string of the molecule is CCOc1cc(NC(=O)Nc2cc(OC)c3ccccc3c2)ccc1OC. The van der Waals surface area contributed by atoms with Crippen molar-refractivity contribution < 1.29 is 19.0 Å². The molecule has 0 spiro atoms. The minimum Gasteiger partial charge on any atom is -0.496 e. The number of ether oxygens (including phenoxy) is 3. The first-order valence-corrected chi connectivity index (χ1v) is 8.60. The van der Waals surface area contributed by atoms with E-state index in [1.54, 1.807) is 38.5 Å². The van der Waals surface area contributed by atoms with E-state index in [1.165, 1.54) is 0 Å². The molecule has 0 bridgehead atoms. The molecular weight excluding hydrogens is 344 g/mol. The van der Waals surface area contributed by atoms with Crippen molar-refractivity contribution in [3.8, 4) is 17.2 Å². The number of benzene rings is 3. The van der Waals surface area contributed by atoms with Crippen LogP contribution in [0.5, 0.6) is 17.2 Å². The van der Waals surface area contributed by atoms with Gasteiger partial charge >= 0.3 is 6.03 Å². The highest BCUT2D eigenvalue weighted by Crippen LogP contribution is 2.31. The molecule has 0 aliphatic heterocycles. The monoisotopic (exact) mass is 366 g/mol. The minimum absolute atomic E-state index is 0.361. The van der Waals surface area contributed by atoms with E-state index >= 15 is 0 Å². The second-order valence-corrected chi connectivity index (χ2v) is 5.78. The number of urea groups is 1. The molecule has 0 fully saturated rings. The standard InChI is InChI=1S/C21H22N2O4/c1-4-27-20-12-15(9-10-18(20)25-2)22-21(24)23-16-11-14-7-5-6-8-17(14)19(13-16)26-3/h5-13H,4H2,1-3H3,(H2,22,23,24). The van der Waals surface area contributed by atoms with Crippen molar-refractivity contribution in [2.45, 2.75) is 6.92 Å². The fourth-order valence-electron chi connectivity index (χ4n) is 2.83. The number of rotatable bonds is 6. The van der Waals surface area contributed by atoms with Crippen molar-refractivity contribution in [2.75, 3.05) is 31.5 Å². The van der Waals surface area contributed by atoms with E-state index in [0.717, 1.165) is 10.8 Å². The molecule has 0 aliphatic carbocycles. The van der Waals surface area contributed by atoms with Crippen LogP contribution in [-0.2, 0) is 0 Å². The second kappa shape index (κ2) is 8.31. The molecule has 0 heterocycles. The van der Waals surface area contributed by atoms with Crippen LogP contribution < -0.4 is 24.8 Å². The third-order valence-electron chi connectivity index (χ3n) is 4.02. The Morgan fingerprint density at radius 1 is 0.852 bits per heavy atom. The van der Waals surface area contributed by atoms with E-state index in [0.29, 0.717) is 35.2 Å². The summed E-state index contributed by atoms with van der Waals surface area (Å²) in [6.45, 7) is 2.39. The summed E-state index contributed by atoms with van der Waals surface area (Å²) in [5.74, 6) is 1.89. The maximum absolute atomic E-state index is 12.4. The topological polar surface area (TPSA) is 68.8 Å². The van der Waals surface area contributed by atoms with E-state index in [4.69, 9.17) is 14.2 Å². The molecule has 3 aromatic carbocycles. The number of amides is 2. The average molecular weight is 366 g/mol. The molecule has 0 saturated heterocycles. The van der Waals surface area contributed by atoms with E-state index in [9.17, 15) is 4.79 Å². The first-order valence-electron chi connectivity index (χ1n) is 8.60. The number of nitrogens with one attached hydrogen (secondary N) is 2. The molecule has 140 valence electrons. The molecule has 6 heteroatoms. The number of hydrogen-bond acceptors (Lipinski definition) is 4. The Bertz CT molecular complexity index is 956. The molecule has 2 N–H and O–H groups in total. The average Bonchev–Trinajstić information content (AvgIpc) is 2.67. The molecule has 2 amide bonds. The molecule has 0 aromatic heterocycles. The lowest BCUT2D eigenvalue weighted by molar-refractivity contribution is 0.262. The number of fused-ring (bicyclic) bond motifs is 1. The van der Waals surface area contributed by atoms with Gasteiger partial charge in [0, 0.05) is 28.9 Å². The van der Waals surface area contributed by atoms with Crippen LogP contribution in [0.2, 0.25) is 0 Å². The largest absolute Gasteiger partial charge is 0.496 e. The fourth-order valence-corrected chi connectivity index (χ4v) is 2.83. The Hall–Kier alpha value is -3.41. The summed E-state index contributed by atoms with van der Waals surface area (Å²) in [4.78, 5) is 12.4. The third-order valence-corrected chi connectivity index (χ3v) is 4.02. The Labute approximate surface area is 158 Å². The molecule has 0 saturated carbocycles. The Morgan fingerprint density at radius 2 is 1.56 bits per heavy atom. The fraction of sp³-hybridized carbons (Fsp3) is 0.190. The zero-order chi connectivity index (χ0) is 19.2. The third kappa shape index (κ3) is 4.23. The molecule has 27 heavy (non-hydrogen) atoms. The number of methoxy groups -OCH3 is 2. The van der Waals surface area contributed by atoms with E-state index in [1.807, 2.05) is 37.3 Å². The van der Waals surface area contributed by atoms with Gasteiger partial charge in [-0.2, -0.15) is 0 Å². The van der Waals surface area contributed by atoms with Gasteiger partial charge in [-0.3, -0.25) is 0 Å². The highest BCUT2D eigenvalue weighted by molar-refractivity contribution is 6.02. The Balaban J connectivity index is 1.78. The normalized spacial score (nSPS) is 10.3. The van der Waals surface area contributed by atoms with Gasteiger partial charge in [0.2, 0.25) is 0 Å². The quantitative estimate of drug-likeness (QED) is 0.651. The first-order chi connectivity index (χ1) is 13.1. The summed E-state index contributed by atoms with van der Waals surface area (Å²) in [6.07, 6.45) is 0. The summed E-state index contributed by atoms with van der Waals surface area (Å²) >= 11 is 0. The Morgan fingerprint density at radius 3 is 2.30 bits per heavy atom. The van der Waals surface area contributed by atoms with Crippen LogP contribution in [0.15, 0.2) is 54.6 Å². The van der Waals surface area contributed by atoms with Gasteiger partial charge in [0.1, 0.15) is 5.75 Å². The highest BCUT2D eigenvalue weighted by Gasteiger charge is 2.10. The molecule has 0 radical (unpaired) electrons. The smallest absolute Gasteiger partial charge is 0.323 e. The van der Waals surface area contributed by atoms with Gasteiger partial charge in [0.05, 0.1) is 20.8 Å². The molecule has 3 rings (SSSR count). The lowest BCUT2D eigenvalue weighted by Crippen LogP contribution is -2.19. The van der Waals surface area contributed by atoms with Crippen molar-refractivity contribution in [2.24, 2.45) is 0 Å². The minimum atomic E-state index is -0.361. The van der Waals surface area contributed by atoms with Crippen LogP contribution in [0.1, 0.15) is 6.92 Å².